The topological polar surface area (TPSA) is 90.8 Å². The Bertz CT molecular complexity index is 1460. The highest BCUT2D eigenvalue weighted by Crippen LogP contribution is 2.46. The molecule has 0 aliphatic heterocycles. The Morgan fingerprint density at radius 3 is 2.61 bits per heavy atom. The lowest BCUT2D eigenvalue weighted by Gasteiger charge is -2.34. The summed E-state index contributed by atoms with van der Waals surface area (Å²) in [4.78, 5) is 40.9. The van der Waals surface area contributed by atoms with Crippen LogP contribution in [0.3, 0.4) is 0 Å². The molecule has 0 radical (unpaired) electrons. The zero-order chi connectivity index (χ0) is 29.5. The van der Waals surface area contributed by atoms with Crippen molar-refractivity contribution in [2.45, 2.75) is 45.1 Å². The Balaban J connectivity index is 1.99. The normalized spacial score (nSPS) is 13.8. The summed E-state index contributed by atoms with van der Waals surface area (Å²) in [6, 6.07) is 8.57. The number of nitrogens with one attached hydrogen (secondary N) is 1. The molecule has 1 aliphatic rings. The van der Waals surface area contributed by atoms with Crippen molar-refractivity contribution < 1.29 is 18.4 Å². The van der Waals surface area contributed by atoms with E-state index >= 15 is 4.39 Å². The van der Waals surface area contributed by atoms with Crippen LogP contribution in [0.2, 0.25) is 0 Å². The molecule has 1 N–H and O–H groups in total. The van der Waals surface area contributed by atoms with Crippen LogP contribution in [0.1, 0.15) is 48.9 Å². The highest BCUT2D eigenvalue weighted by atomic mass is 19.1. The molecule has 2 aromatic heterocycles. The molecular weight excluding hydrogens is 526 g/mol. The molecule has 41 heavy (non-hydrogen) atoms. The van der Waals surface area contributed by atoms with Gasteiger partial charge in [-0.05, 0) is 62.9 Å². The lowest BCUT2D eigenvalue weighted by atomic mass is 10.0. The first-order chi connectivity index (χ1) is 19.9. The highest BCUT2D eigenvalue weighted by molar-refractivity contribution is 6.06. The number of hydrogen-bond acceptors (Lipinski definition) is 5. The Morgan fingerprint density at radius 2 is 1.98 bits per heavy atom. The van der Waals surface area contributed by atoms with Crippen LogP contribution in [-0.2, 0) is 9.59 Å². The summed E-state index contributed by atoms with van der Waals surface area (Å²) in [7, 11) is 1.57. The maximum Gasteiger partial charge on any atom is 0.219 e. The van der Waals surface area contributed by atoms with Gasteiger partial charge in [-0.2, -0.15) is 0 Å². The first kappa shape index (κ1) is 29.5. The van der Waals surface area contributed by atoms with Gasteiger partial charge < -0.3 is 10.2 Å². The lowest BCUT2D eigenvalue weighted by Crippen LogP contribution is -2.45. The molecule has 4 rings (SSSR count). The van der Waals surface area contributed by atoms with E-state index in [1.165, 1.54) is 29.2 Å². The maximum atomic E-state index is 15.9. The molecule has 214 valence electrons. The van der Waals surface area contributed by atoms with E-state index in [2.05, 4.69) is 26.9 Å². The van der Waals surface area contributed by atoms with E-state index in [1.54, 1.807) is 31.5 Å². The molecule has 10 heteroatoms. The van der Waals surface area contributed by atoms with Crippen molar-refractivity contribution in [3.05, 3.63) is 83.7 Å². The van der Waals surface area contributed by atoms with Crippen LogP contribution in [0.25, 0.3) is 11.3 Å². The number of halogens is 2. The molecule has 0 saturated heterocycles. The van der Waals surface area contributed by atoms with Crippen molar-refractivity contribution in [1.82, 2.24) is 20.2 Å². The second-order valence-electron chi connectivity index (χ2n) is 9.97. The number of carbonyl (C=O) groups is 2. The third-order valence-electron chi connectivity index (χ3n) is 7.11. The van der Waals surface area contributed by atoms with Crippen molar-refractivity contribution in [2.75, 3.05) is 25.0 Å². The Morgan fingerprint density at radius 1 is 1.22 bits per heavy atom. The van der Waals surface area contributed by atoms with E-state index in [1.807, 2.05) is 18.7 Å². The number of nitrogens with zero attached hydrogens (tertiary/aromatic N) is 5. The van der Waals surface area contributed by atoms with Gasteiger partial charge in [-0.25, -0.2) is 13.8 Å². The number of benzene rings is 1. The Hall–Kier alpha value is -4.47. The van der Waals surface area contributed by atoms with E-state index in [4.69, 9.17) is 0 Å². The van der Waals surface area contributed by atoms with E-state index in [0.29, 0.717) is 43.9 Å². The third-order valence-corrected chi connectivity index (χ3v) is 7.11. The van der Waals surface area contributed by atoms with Gasteiger partial charge in [0.2, 0.25) is 12.8 Å². The van der Waals surface area contributed by atoms with Gasteiger partial charge in [-0.15, -0.1) is 6.58 Å². The number of amidine groups is 1. The largest absolute Gasteiger partial charge is 0.357 e. The number of amides is 2. The Labute approximate surface area is 238 Å². The number of anilines is 2. The number of rotatable bonds is 13. The van der Waals surface area contributed by atoms with Crippen molar-refractivity contribution in [1.29, 1.82) is 0 Å². The van der Waals surface area contributed by atoms with Gasteiger partial charge in [0.1, 0.15) is 23.2 Å². The summed E-state index contributed by atoms with van der Waals surface area (Å²) < 4.78 is 30.8. The van der Waals surface area contributed by atoms with E-state index in [-0.39, 0.29) is 34.6 Å². The van der Waals surface area contributed by atoms with Crippen LogP contribution < -0.4 is 10.2 Å². The van der Waals surface area contributed by atoms with Gasteiger partial charge in [0.05, 0.1) is 16.9 Å². The SMILES string of the molecule is C=CCCN(/C(=N/C)c1cc(F)c(-c2ccccc2F)nc1N(C=O)c1c(C)ccnc1C1CC1)C(C)CNC=O. The van der Waals surface area contributed by atoms with Crippen LogP contribution in [0.4, 0.5) is 20.3 Å². The number of carbonyl (C=O) groups excluding carboxylic acids is 2. The van der Waals surface area contributed by atoms with Crippen LogP contribution >= 0.6 is 0 Å². The second kappa shape index (κ2) is 13.3. The first-order valence-corrected chi connectivity index (χ1v) is 13.5. The smallest absolute Gasteiger partial charge is 0.219 e. The fourth-order valence-electron chi connectivity index (χ4n) is 4.92. The van der Waals surface area contributed by atoms with E-state index < -0.39 is 11.6 Å². The molecule has 1 unspecified atom stereocenters. The van der Waals surface area contributed by atoms with Crippen LogP contribution in [-0.4, -0.2) is 59.7 Å². The van der Waals surface area contributed by atoms with Crippen molar-refractivity contribution in [3.8, 4) is 11.3 Å². The number of pyridine rings is 2. The molecule has 1 fully saturated rings. The third kappa shape index (κ3) is 6.32. The molecule has 2 amide bonds. The molecule has 1 saturated carbocycles. The fraction of sp³-hybridized carbons (Fsp3) is 0.323. The fourth-order valence-corrected chi connectivity index (χ4v) is 4.92. The summed E-state index contributed by atoms with van der Waals surface area (Å²) >= 11 is 0. The lowest BCUT2D eigenvalue weighted by molar-refractivity contribution is -0.109. The minimum Gasteiger partial charge on any atom is -0.357 e. The predicted molar refractivity (Wildman–Crippen MR) is 156 cm³/mol. The minimum absolute atomic E-state index is 0.0315. The highest BCUT2D eigenvalue weighted by Gasteiger charge is 2.33. The van der Waals surface area contributed by atoms with Crippen molar-refractivity contribution in [2.24, 2.45) is 4.99 Å². The van der Waals surface area contributed by atoms with Crippen LogP contribution in [0.5, 0.6) is 0 Å². The molecule has 8 nitrogen and oxygen atoms in total. The zero-order valence-corrected chi connectivity index (χ0v) is 23.5. The maximum absolute atomic E-state index is 15.9. The number of aromatic nitrogens is 2. The quantitative estimate of drug-likeness (QED) is 0.133. The molecule has 3 aromatic rings. The molecule has 1 atom stereocenters. The first-order valence-electron chi connectivity index (χ1n) is 13.5. The molecule has 1 aromatic carbocycles. The summed E-state index contributed by atoms with van der Waals surface area (Å²) in [6.07, 6.45) is 7.16. The average Bonchev–Trinajstić information content (AvgIpc) is 3.82. The monoisotopic (exact) mass is 560 g/mol. The second-order valence-corrected chi connectivity index (χ2v) is 9.97. The molecule has 2 heterocycles. The summed E-state index contributed by atoms with van der Waals surface area (Å²) in [6.45, 7) is 8.33. The average molecular weight is 561 g/mol. The minimum atomic E-state index is -0.770. The van der Waals surface area contributed by atoms with Gasteiger partial charge in [-0.1, -0.05) is 18.2 Å². The summed E-state index contributed by atoms with van der Waals surface area (Å²) in [5.41, 5.74) is 2.09. The van der Waals surface area contributed by atoms with Crippen molar-refractivity contribution >= 4 is 30.2 Å². The van der Waals surface area contributed by atoms with Gasteiger partial charge in [0.25, 0.3) is 0 Å². The summed E-state index contributed by atoms with van der Waals surface area (Å²) in [5, 5.41) is 2.68. The van der Waals surface area contributed by atoms with Crippen molar-refractivity contribution in [3.63, 3.8) is 0 Å². The predicted octanol–water partition coefficient (Wildman–Crippen LogP) is 5.29. The zero-order valence-electron chi connectivity index (χ0n) is 23.5. The van der Waals surface area contributed by atoms with Gasteiger partial charge >= 0.3 is 0 Å². The standard InChI is InChI=1S/C31H34F2N6O2/c1-5-6-15-38(21(3)17-35-18-40)30(34-4)24-16-26(33)28(23-9-7-8-10-25(23)32)37-31(24)39(19-41)29-20(2)13-14-36-27(29)22-11-12-22/h5,7-10,13-14,16,18-19,21-22H,1,6,11-12,15,17H2,2-4H3,(H,35,40)/b34-30+. The molecule has 0 bridgehead atoms. The van der Waals surface area contributed by atoms with Crippen LogP contribution in [0.15, 0.2) is 60.2 Å². The van der Waals surface area contributed by atoms with Gasteiger partial charge in [-0.3, -0.25) is 24.5 Å². The number of hydrogen-bond donors (Lipinski definition) is 1. The molecule has 1 aliphatic carbocycles. The summed E-state index contributed by atoms with van der Waals surface area (Å²) in [5.74, 6) is -0.766. The Kier molecular flexibility index (Phi) is 9.54. The molecule has 0 spiro atoms. The van der Waals surface area contributed by atoms with E-state index in [9.17, 15) is 14.0 Å². The van der Waals surface area contributed by atoms with E-state index in [0.717, 1.165) is 24.1 Å². The van der Waals surface area contributed by atoms with Gasteiger partial charge in [0.15, 0.2) is 5.82 Å². The van der Waals surface area contributed by atoms with Gasteiger partial charge in [0, 0.05) is 43.9 Å². The van der Waals surface area contributed by atoms with Crippen LogP contribution in [0, 0.1) is 18.6 Å². The number of aryl methyl sites for hydroxylation is 1. The number of aliphatic imine (C=N–C) groups is 1. The molecular formula is C31H34F2N6O2.